The van der Waals surface area contributed by atoms with Crippen LogP contribution in [0.3, 0.4) is 0 Å². The fourth-order valence-corrected chi connectivity index (χ4v) is 2.38. The van der Waals surface area contributed by atoms with Gasteiger partial charge in [-0.1, -0.05) is 0 Å². The Morgan fingerprint density at radius 1 is 1.60 bits per heavy atom. The highest BCUT2D eigenvalue weighted by molar-refractivity contribution is 5.85. The van der Waals surface area contributed by atoms with Crippen LogP contribution in [0.5, 0.6) is 0 Å². The maximum atomic E-state index is 11.6. The van der Waals surface area contributed by atoms with Crippen molar-refractivity contribution in [1.29, 1.82) is 0 Å². The second-order valence-electron chi connectivity index (χ2n) is 3.89. The van der Waals surface area contributed by atoms with Crippen LogP contribution in [0, 0.1) is 0 Å². The Balaban J connectivity index is 2.04. The summed E-state index contributed by atoms with van der Waals surface area (Å²) in [7, 11) is 0. The van der Waals surface area contributed by atoms with Gasteiger partial charge in [-0.05, 0) is 19.8 Å². The molecule has 0 aromatic heterocycles. The molecule has 15 heavy (non-hydrogen) atoms. The molecule has 0 unspecified atom stereocenters. The highest BCUT2D eigenvalue weighted by atomic mass is 16.5. The average molecular weight is 212 g/mol. The van der Waals surface area contributed by atoms with Gasteiger partial charge in [0.15, 0.2) is 0 Å². The molecule has 5 heteroatoms. The van der Waals surface area contributed by atoms with Crippen molar-refractivity contribution in [2.45, 2.75) is 31.8 Å². The van der Waals surface area contributed by atoms with Gasteiger partial charge >= 0.3 is 5.97 Å². The van der Waals surface area contributed by atoms with E-state index in [1.165, 1.54) is 0 Å². The highest BCUT2D eigenvalue weighted by Crippen LogP contribution is 2.26. The number of hydrogen-bond acceptors (Lipinski definition) is 4. The lowest BCUT2D eigenvalue weighted by atomic mass is 10.2. The Labute approximate surface area is 88.8 Å². The molecule has 5 nitrogen and oxygen atoms in total. The second kappa shape index (κ2) is 4.18. The molecule has 1 amide bonds. The maximum Gasteiger partial charge on any atom is 0.323 e. The Morgan fingerprint density at radius 3 is 3.13 bits per heavy atom. The second-order valence-corrected chi connectivity index (χ2v) is 3.89. The molecule has 1 N–H and O–H groups in total. The fraction of sp³-hybridized carbons (Fsp3) is 0.800. The molecule has 2 heterocycles. The van der Waals surface area contributed by atoms with Crippen molar-refractivity contribution in [2.24, 2.45) is 0 Å². The SMILES string of the molecule is CCOC(=O)[C@@H]1CC[C@@H]2C(=O)NCCN21. The number of carbonyl (C=O) groups excluding carboxylic acids is 2. The fourth-order valence-electron chi connectivity index (χ4n) is 2.38. The standard InChI is InChI=1S/C10H16N2O3/c1-2-15-10(14)8-4-3-7-9(13)11-5-6-12(7)8/h7-8H,2-6H2,1H3,(H,11,13)/t7-,8+/m1/s1. The lowest BCUT2D eigenvalue weighted by Gasteiger charge is -2.32. The van der Waals surface area contributed by atoms with Gasteiger partial charge in [0, 0.05) is 13.1 Å². The van der Waals surface area contributed by atoms with Crippen LogP contribution < -0.4 is 5.32 Å². The van der Waals surface area contributed by atoms with Crippen molar-refractivity contribution < 1.29 is 14.3 Å². The van der Waals surface area contributed by atoms with Crippen molar-refractivity contribution in [3.05, 3.63) is 0 Å². The number of ether oxygens (including phenoxy) is 1. The minimum atomic E-state index is -0.207. The van der Waals surface area contributed by atoms with Gasteiger partial charge in [-0.3, -0.25) is 14.5 Å². The number of amides is 1. The summed E-state index contributed by atoms with van der Waals surface area (Å²) in [6, 6.07) is -0.325. The number of carbonyl (C=O) groups is 2. The summed E-state index contributed by atoms with van der Waals surface area (Å²) in [5.74, 6) is -0.136. The van der Waals surface area contributed by atoms with Crippen LogP contribution in [-0.4, -0.2) is 48.6 Å². The molecule has 2 atom stereocenters. The molecule has 2 rings (SSSR count). The summed E-state index contributed by atoms with van der Waals surface area (Å²) < 4.78 is 5.00. The minimum absolute atomic E-state index is 0.0491. The normalized spacial score (nSPS) is 30.9. The van der Waals surface area contributed by atoms with Crippen LogP contribution in [0.2, 0.25) is 0 Å². The molecule has 0 aromatic carbocycles. The predicted molar refractivity (Wildman–Crippen MR) is 53.2 cm³/mol. The molecule has 84 valence electrons. The molecule has 0 saturated carbocycles. The molecular weight excluding hydrogens is 196 g/mol. The first-order chi connectivity index (χ1) is 7.24. The molecule has 0 aliphatic carbocycles. The third kappa shape index (κ3) is 1.84. The van der Waals surface area contributed by atoms with E-state index in [4.69, 9.17) is 4.74 Å². The first-order valence-corrected chi connectivity index (χ1v) is 5.44. The van der Waals surface area contributed by atoms with Gasteiger partial charge in [0.25, 0.3) is 0 Å². The number of piperazine rings is 1. The number of esters is 1. The molecule has 2 saturated heterocycles. The number of rotatable bonds is 2. The molecule has 0 spiro atoms. The van der Waals surface area contributed by atoms with Gasteiger partial charge in [0.2, 0.25) is 5.91 Å². The number of nitrogens with one attached hydrogen (secondary N) is 1. The van der Waals surface area contributed by atoms with Crippen LogP contribution in [0.25, 0.3) is 0 Å². The van der Waals surface area contributed by atoms with Crippen LogP contribution in [0.4, 0.5) is 0 Å². The quantitative estimate of drug-likeness (QED) is 0.628. The van der Waals surface area contributed by atoms with Gasteiger partial charge in [-0.2, -0.15) is 0 Å². The van der Waals surface area contributed by atoms with Gasteiger partial charge in [0.05, 0.1) is 12.6 Å². The summed E-state index contributed by atoms with van der Waals surface area (Å²) >= 11 is 0. The van der Waals surface area contributed by atoms with Crippen LogP contribution in [0.15, 0.2) is 0 Å². The molecule has 2 aliphatic rings. The van der Waals surface area contributed by atoms with E-state index in [-0.39, 0.29) is 24.0 Å². The topological polar surface area (TPSA) is 58.6 Å². The van der Waals surface area contributed by atoms with Crippen molar-refractivity contribution in [3.63, 3.8) is 0 Å². The maximum absolute atomic E-state index is 11.6. The van der Waals surface area contributed by atoms with E-state index in [9.17, 15) is 9.59 Å². The Kier molecular flexibility index (Phi) is 2.90. The highest BCUT2D eigenvalue weighted by Gasteiger charge is 2.43. The van der Waals surface area contributed by atoms with Gasteiger partial charge in [-0.15, -0.1) is 0 Å². The largest absolute Gasteiger partial charge is 0.465 e. The monoisotopic (exact) mass is 212 g/mol. The number of hydrogen-bond donors (Lipinski definition) is 1. The first-order valence-electron chi connectivity index (χ1n) is 5.44. The summed E-state index contributed by atoms with van der Waals surface area (Å²) in [6.07, 6.45) is 1.49. The minimum Gasteiger partial charge on any atom is -0.465 e. The summed E-state index contributed by atoms with van der Waals surface area (Å²) in [4.78, 5) is 25.1. The Hall–Kier alpha value is -1.10. The third-order valence-electron chi connectivity index (χ3n) is 3.04. The van der Waals surface area contributed by atoms with Crippen LogP contribution in [0.1, 0.15) is 19.8 Å². The van der Waals surface area contributed by atoms with Gasteiger partial charge in [0.1, 0.15) is 6.04 Å². The Morgan fingerprint density at radius 2 is 2.40 bits per heavy atom. The van der Waals surface area contributed by atoms with E-state index >= 15 is 0 Å². The molecule has 0 aromatic rings. The molecule has 2 fully saturated rings. The van der Waals surface area contributed by atoms with E-state index in [0.717, 1.165) is 19.4 Å². The Bertz CT molecular complexity index is 280. The smallest absolute Gasteiger partial charge is 0.323 e. The summed E-state index contributed by atoms with van der Waals surface area (Å²) in [5, 5.41) is 2.81. The molecular formula is C10H16N2O3. The lowest BCUT2D eigenvalue weighted by Crippen LogP contribution is -2.55. The third-order valence-corrected chi connectivity index (χ3v) is 3.04. The average Bonchev–Trinajstić information content (AvgIpc) is 2.63. The van der Waals surface area contributed by atoms with Crippen molar-refractivity contribution >= 4 is 11.9 Å². The van der Waals surface area contributed by atoms with Crippen LogP contribution >= 0.6 is 0 Å². The summed E-state index contributed by atoms with van der Waals surface area (Å²) in [5.41, 5.74) is 0. The predicted octanol–water partition coefficient (Wildman–Crippen LogP) is -0.488. The molecule has 2 aliphatic heterocycles. The zero-order valence-electron chi connectivity index (χ0n) is 8.86. The lowest BCUT2D eigenvalue weighted by molar-refractivity contribution is -0.149. The molecule has 0 bridgehead atoms. The van der Waals surface area contributed by atoms with E-state index in [2.05, 4.69) is 5.32 Å². The van der Waals surface area contributed by atoms with Gasteiger partial charge < -0.3 is 10.1 Å². The zero-order valence-corrected chi connectivity index (χ0v) is 8.86. The van der Waals surface area contributed by atoms with E-state index in [0.29, 0.717) is 13.2 Å². The van der Waals surface area contributed by atoms with Gasteiger partial charge in [-0.25, -0.2) is 0 Å². The van der Waals surface area contributed by atoms with Crippen molar-refractivity contribution in [2.75, 3.05) is 19.7 Å². The molecule has 0 radical (unpaired) electrons. The van der Waals surface area contributed by atoms with E-state index in [1.54, 1.807) is 6.92 Å². The number of fused-ring (bicyclic) bond motifs is 1. The van der Waals surface area contributed by atoms with Crippen molar-refractivity contribution in [3.8, 4) is 0 Å². The zero-order chi connectivity index (χ0) is 10.8. The van der Waals surface area contributed by atoms with E-state index in [1.807, 2.05) is 4.90 Å². The van der Waals surface area contributed by atoms with Crippen LogP contribution in [-0.2, 0) is 14.3 Å². The summed E-state index contributed by atoms with van der Waals surface area (Å²) in [6.45, 7) is 3.58. The van der Waals surface area contributed by atoms with Crippen molar-refractivity contribution in [1.82, 2.24) is 10.2 Å². The van der Waals surface area contributed by atoms with E-state index < -0.39 is 0 Å². The number of nitrogens with zero attached hydrogens (tertiary/aromatic N) is 1. The first kappa shape index (κ1) is 10.4.